The Balaban J connectivity index is 1.81. The van der Waals surface area contributed by atoms with E-state index in [1.807, 2.05) is 6.92 Å². The molecular formula is C27H40O3. The molecule has 0 aromatic rings. The highest BCUT2D eigenvalue weighted by Gasteiger charge is 2.57. The van der Waals surface area contributed by atoms with Gasteiger partial charge in [-0.1, -0.05) is 68.0 Å². The van der Waals surface area contributed by atoms with Crippen LogP contribution < -0.4 is 0 Å². The van der Waals surface area contributed by atoms with Gasteiger partial charge in [0, 0.05) is 0 Å². The Morgan fingerprint density at radius 2 is 1.83 bits per heavy atom. The van der Waals surface area contributed by atoms with Crippen molar-refractivity contribution in [2.45, 2.75) is 90.4 Å². The van der Waals surface area contributed by atoms with Crippen molar-refractivity contribution >= 4 is 0 Å². The van der Waals surface area contributed by atoms with E-state index in [9.17, 15) is 15.3 Å². The van der Waals surface area contributed by atoms with Gasteiger partial charge in [-0.2, -0.15) is 0 Å². The van der Waals surface area contributed by atoms with E-state index < -0.39 is 12.2 Å². The van der Waals surface area contributed by atoms with E-state index in [-0.39, 0.29) is 16.9 Å². The van der Waals surface area contributed by atoms with E-state index >= 15 is 0 Å². The van der Waals surface area contributed by atoms with Crippen LogP contribution in [0.25, 0.3) is 0 Å². The molecule has 0 amide bonds. The van der Waals surface area contributed by atoms with Crippen LogP contribution in [0.2, 0.25) is 0 Å². The smallest absolute Gasteiger partial charge is 0.0809 e. The predicted molar refractivity (Wildman–Crippen MR) is 124 cm³/mol. The van der Waals surface area contributed by atoms with Crippen LogP contribution in [0.5, 0.6) is 0 Å². The van der Waals surface area contributed by atoms with Crippen LogP contribution in [0.4, 0.5) is 0 Å². The summed E-state index contributed by atoms with van der Waals surface area (Å²) in [6, 6.07) is 0. The molecule has 0 radical (unpaired) electrons. The summed E-state index contributed by atoms with van der Waals surface area (Å²) >= 11 is 0. The first kappa shape index (κ1) is 23.2. The molecule has 0 heterocycles. The maximum absolute atomic E-state index is 10.1. The number of hydrogen-bond donors (Lipinski definition) is 3. The van der Waals surface area contributed by atoms with E-state index in [4.69, 9.17) is 0 Å². The Labute approximate surface area is 182 Å². The summed E-state index contributed by atoms with van der Waals surface area (Å²) in [6.45, 7) is 14.9. The van der Waals surface area contributed by atoms with Crippen LogP contribution in [0, 0.1) is 16.7 Å². The summed E-state index contributed by atoms with van der Waals surface area (Å²) in [4.78, 5) is 0. The molecule has 166 valence electrons. The maximum atomic E-state index is 10.1. The van der Waals surface area contributed by atoms with Gasteiger partial charge in [-0.3, -0.25) is 0 Å². The minimum absolute atomic E-state index is 0.142. The maximum Gasteiger partial charge on any atom is 0.0809 e. The molecular weight excluding hydrogens is 372 g/mol. The van der Waals surface area contributed by atoms with Gasteiger partial charge in [0.2, 0.25) is 0 Å². The van der Waals surface area contributed by atoms with Gasteiger partial charge in [0.05, 0.1) is 18.3 Å². The molecule has 30 heavy (non-hydrogen) atoms. The van der Waals surface area contributed by atoms with Crippen LogP contribution in [-0.2, 0) is 0 Å². The lowest BCUT2D eigenvalue weighted by Crippen LogP contribution is -2.41. The molecule has 0 aromatic carbocycles. The molecule has 0 saturated heterocycles. The lowest BCUT2D eigenvalue weighted by molar-refractivity contribution is 0.0758. The van der Waals surface area contributed by atoms with Crippen molar-refractivity contribution in [1.29, 1.82) is 0 Å². The average molecular weight is 413 g/mol. The first-order chi connectivity index (χ1) is 14.1. The Kier molecular flexibility index (Phi) is 6.96. The molecule has 3 N–H and O–H groups in total. The van der Waals surface area contributed by atoms with Gasteiger partial charge in [0.1, 0.15) is 0 Å². The zero-order valence-electron chi connectivity index (χ0n) is 19.0. The van der Waals surface area contributed by atoms with E-state index in [1.54, 1.807) is 0 Å². The molecule has 3 heteroatoms. The summed E-state index contributed by atoms with van der Waals surface area (Å²) in [7, 11) is 0. The third kappa shape index (κ3) is 4.30. The number of fused-ring (bicyclic) bond motifs is 1. The van der Waals surface area contributed by atoms with Gasteiger partial charge in [0.15, 0.2) is 0 Å². The van der Waals surface area contributed by atoms with Gasteiger partial charge in [-0.05, 0) is 80.6 Å². The van der Waals surface area contributed by atoms with Crippen LogP contribution in [0.3, 0.4) is 0 Å². The normalized spacial score (nSPS) is 39.4. The zero-order valence-corrected chi connectivity index (χ0v) is 19.0. The van der Waals surface area contributed by atoms with Crippen molar-refractivity contribution in [3.05, 3.63) is 59.8 Å². The Hall–Kier alpha value is -1.42. The summed E-state index contributed by atoms with van der Waals surface area (Å²) in [5.41, 5.74) is 4.66. The van der Waals surface area contributed by atoms with Crippen LogP contribution in [0.1, 0.15) is 72.1 Å². The van der Waals surface area contributed by atoms with E-state index in [2.05, 4.69) is 51.3 Å². The highest BCUT2D eigenvalue weighted by molar-refractivity contribution is 5.35. The zero-order chi connectivity index (χ0) is 22.1. The van der Waals surface area contributed by atoms with Crippen molar-refractivity contribution in [3.63, 3.8) is 0 Å². The lowest BCUT2D eigenvalue weighted by Gasteiger charge is -2.50. The summed E-state index contributed by atoms with van der Waals surface area (Å²) in [5.74, 6) is 0.464. The lowest BCUT2D eigenvalue weighted by atomic mass is 9.54. The molecule has 3 aliphatic carbocycles. The molecule has 0 bridgehead atoms. The molecule has 3 fully saturated rings. The molecule has 3 rings (SSSR count). The second-order valence-electron chi connectivity index (χ2n) is 10.3. The second kappa shape index (κ2) is 8.98. The minimum Gasteiger partial charge on any atom is -0.393 e. The fraction of sp³-hybridized carbons (Fsp3) is 0.630. The van der Waals surface area contributed by atoms with E-state index in [0.717, 1.165) is 24.8 Å². The Morgan fingerprint density at radius 3 is 2.47 bits per heavy atom. The van der Waals surface area contributed by atoms with Crippen LogP contribution >= 0.6 is 0 Å². The topological polar surface area (TPSA) is 60.7 Å². The average Bonchev–Trinajstić information content (AvgIpc) is 2.95. The van der Waals surface area contributed by atoms with Crippen molar-refractivity contribution in [2.24, 2.45) is 16.7 Å². The molecule has 3 saturated carbocycles. The van der Waals surface area contributed by atoms with Gasteiger partial charge in [0.25, 0.3) is 0 Å². The molecule has 3 aliphatic rings. The largest absolute Gasteiger partial charge is 0.393 e. The first-order valence-electron chi connectivity index (χ1n) is 11.6. The van der Waals surface area contributed by atoms with Crippen molar-refractivity contribution in [3.8, 4) is 0 Å². The van der Waals surface area contributed by atoms with Crippen molar-refractivity contribution in [1.82, 2.24) is 0 Å². The SMILES string of the molecule is C=C1[C@H](O)CC(=C/C=C2\CCC[C@]3(C)[C@@H](C(=C)/C=C/C[C@@H](C)O)CC[C@@]23C)C[C@H]1O. The van der Waals surface area contributed by atoms with Gasteiger partial charge >= 0.3 is 0 Å². The fourth-order valence-electron chi connectivity index (χ4n) is 6.13. The van der Waals surface area contributed by atoms with Crippen LogP contribution in [-0.4, -0.2) is 33.6 Å². The Morgan fingerprint density at radius 1 is 1.17 bits per heavy atom. The minimum atomic E-state index is -0.641. The van der Waals surface area contributed by atoms with E-state index in [0.29, 0.717) is 30.8 Å². The highest BCUT2D eigenvalue weighted by atomic mass is 16.3. The quantitative estimate of drug-likeness (QED) is 0.418. The van der Waals surface area contributed by atoms with E-state index in [1.165, 1.54) is 24.0 Å². The molecule has 0 aliphatic heterocycles. The molecule has 3 nitrogen and oxygen atoms in total. The van der Waals surface area contributed by atoms with Gasteiger partial charge in [-0.15, -0.1) is 0 Å². The second-order valence-corrected chi connectivity index (χ2v) is 10.3. The van der Waals surface area contributed by atoms with Gasteiger partial charge < -0.3 is 15.3 Å². The van der Waals surface area contributed by atoms with Crippen LogP contribution in [0.15, 0.2) is 59.8 Å². The standard InChI is InChI=1S/C27H40O3/c1-18(8-6-9-19(2)28)23-13-15-26(4)22(10-7-14-27(23,26)5)12-11-21-16-24(29)20(3)25(30)17-21/h6,8,11-12,19,23-25,28-30H,1,3,7,9-10,13-17H2,2,4-5H3/b8-6+,22-12+/t19-,23-,24-,25-,26+,27-/m1/s1. The number of hydrogen-bond acceptors (Lipinski definition) is 3. The number of rotatable bonds is 5. The monoisotopic (exact) mass is 412 g/mol. The van der Waals surface area contributed by atoms with Crippen molar-refractivity contribution < 1.29 is 15.3 Å². The number of aliphatic hydroxyl groups excluding tert-OH is 3. The highest BCUT2D eigenvalue weighted by Crippen LogP contribution is 2.66. The predicted octanol–water partition coefficient (Wildman–Crippen LogP) is 5.40. The molecule has 6 atom stereocenters. The molecule has 0 spiro atoms. The summed E-state index contributed by atoms with van der Waals surface area (Å²) in [6.07, 6.45) is 14.7. The third-order valence-electron chi connectivity index (χ3n) is 8.36. The van der Waals surface area contributed by atoms with Gasteiger partial charge in [-0.25, -0.2) is 0 Å². The third-order valence-corrected chi connectivity index (χ3v) is 8.36. The van der Waals surface area contributed by atoms with Crippen molar-refractivity contribution in [2.75, 3.05) is 0 Å². The molecule has 0 unspecified atom stereocenters. The fourth-order valence-corrected chi connectivity index (χ4v) is 6.13. The summed E-state index contributed by atoms with van der Waals surface area (Å²) in [5, 5.41) is 29.8. The Bertz CT molecular complexity index is 755. The first-order valence-corrected chi connectivity index (χ1v) is 11.6. The molecule has 0 aromatic heterocycles. The summed E-state index contributed by atoms with van der Waals surface area (Å²) < 4.78 is 0. The number of allylic oxidation sites excluding steroid dienone is 5. The number of aliphatic hydroxyl groups is 3.